The minimum absolute atomic E-state index is 0.208. The van der Waals surface area contributed by atoms with Crippen LogP contribution in [-0.2, 0) is 4.79 Å². The number of thioether (sulfide) groups is 1. The summed E-state index contributed by atoms with van der Waals surface area (Å²) in [7, 11) is 3.26. The first-order valence-corrected chi connectivity index (χ1v) is 12.6. The van der Waals surface area contributed by atoms with Gasteiger partial charge in [0.1, 0.15) is 0 Å². The maximum Gasteiger partial charge on any atom is 0.328 e. The summed E-state index contributed by atoms with van der Waals surface area (Å²) in [6.07, 6.45) is 4.11. The van der Waals surface area contributed by atoms with E-state index in [4.69, 9.17) is 4.99 Å². The van der Waals surface area contributed by atoms with Gasteiger partial charge in [0, 0.05) is 39.5 Å². The summed E-state index contributed by atoms with van der Waals surface area (Å²) in [5, 5.41) is 12.8. The number of urea groups is 1. The summed E-state index contributed by atoms with van der Waals surface area (Å²) in [6.45, 7) is 2.41. The van der Waals surface area contributed by atoms with Crippen LogP contribution in [0.25, 0.3) is 5.69 Å². The number of rotatable bonds is 5. The topological polar surface area (TPSA) is 103 Å². The molecule has 2 atom stereocenters. The third-order valence-electron chi connectivity index (χ3n) is 6.59. The zero-order valence-corrected chi connectivity index (χ0v) is 20.3. The number of aliphatic imine (C=N–C) groups is 1. The number of hydrogen-bond donors (Lipinski definition) is 0. The molecule has 2 unspecified atom stereocenters. The van der Waals surface area contributed by atoms with Gasteiger partial charge in [-0.2, -0.15) is 4.68 Å². The van der Waals surface area contributed by atoms with E-state index < -0.39 is 12.2 Å². The molecule has 11 nitrogen and oxygen atoms in total. The monoisotopic (exact) mass is 483 g/mol. The molecule has 2 saturated heterocycles. The molecule has 0 N–H and O–H groups in total. The zero-order chi connectivity index (χ0) is 23.7. The van der Waals surface area contributed by atoms with Gasteiger partial charge in [0.2, 0.25) is 5.16 Å². The van der Waals surface area contributed by atoms with Crippen LogP contribution >= 0.6 is 11.8 Å². The molecule has 34 heavy (non-hydrogen) atoms. The van der Waals surface area contributed by atoms with Gasteiger partial charge in [-0.05, 0) is 35.4 Å². The molecule has 1 aromatic heterocycles. The van der Waals surface area contributed by atoms with Gasteiger partial charge in [-0.3, -0.25) is 9.69 Å². The molecule has 0 aliphatic carbocycles. The van der Waals surface area contributed by atoms with Crippen LogP contribution in [-0.4, -0.2) is 109 Å². The van der Waals surface area contributed by atoms with E-state index in [0.29, 0.717) is 17.5 Å². The molecule has 3 amide bonds. The normalized spacial score (nSPS) is 23.3. The van der Waals surface area contributed by atoms with Crippen molar-refractivity contribution < 1.29 is 9.59 Å². The lowest BCUT2D eigenvalue weighted by molar-refractivity contribution is -0.136. The molecule has 0 bridgehead atoms. The van der Waals surface area contributed by atoms with Gasteiger partial charge in [0.25, 0.3) is 5.91 Å². The zero-order valence-electron chi connectivity index (χ0n) is 19.4. The number of carbonyl (C=O) groups excluding carboxylic acids is 2. The van der Waals surface area contributed by atoms with Crippen LogP contribution < -0.4 is 0 Å². The van der Waals surface area contributed by atoms with E-state index >= 15 is 0 Å². The summed E-state index contributed by atoms with van der Waals surface area (Å²) in [6, 6.07) is 8.93. The number of benzene rings is 1. The second-order valence-electron chi connectivity index (χ2n) is 8.73. The SMILES string of the molecule is CN1C(=O)C2C(N=C(N3CCCCCC3)N2CCSc2nnnn2-c2ccccc2)N(C)C1=O. The number of hydrogen-bond acceptors (Lipinski definition) is 9. The number of guanidine groups is 1. The Morgan fingerprint density at radius 2 is 1.76 bits per heavy atom. The van der Waals surface area contributed by atoms with Crippen molar-refractivity contribution in [3.05, 3.63) is 30.3 Å². The highest BCUT2D eigenvalue weighted by Gasteiger charge is 2.51. The lowest BCUT2D eigenvalue weighted by Crippen LogP contribution is -2.64. The third-order valence-corrected chi connectivity index (χ3v) is 7.49. The van der Waals surface area contributed by atoms with Gasteiger partial charge in [-0.25, -0.2) is 9.79 Å². The number of para-hydroxylation sites is 1. The average Bonchev–Trinajstić information content (AvgIpc) is 3.38. The Morgan fingerprint density at radius 3 is 2.50 bits per heavy atom. The Morgan fingerprint density at radius 1 is 1.03 bits per heavy atom. The van der Waals surface area contributed by atoms with Crippen molar-refractivity contribution in [2.45, 2.75) is 43.0 Å². The number of fused-ring (bicyclic) bond motifs is 1. The molecule has 0 spiro atoms. The highest BCUT2D eigenvalue weighted by Crippen LogP contribution is 2.30. The Hall–Kier alpha value is -3.15. The number of likely N-dealkylation sites (tertiary alicyclic amines) is 1. The van der Waals surface area contributed by atoms with Gasteiger partial charge in [0.05, 0.1) is 5.69 Å². The largest absolute Gasteiger partial charge is 0.343 e. The Labute approximate surface area is 202 Å². The minimum atomic E-state index is -0.517. The number of likely N-dealkylation sites (N-methyl/N-ethyl adjacent to an activating group) is 2. The van der Waals surface area contributed by atoms with Crippen molar-refractivity contribution in [1.29, 1.82) is 0 Å². The number of amides is 3. The molecule has 3 aliphatic rings. The molecule has 180 valence electrons. The summed E-state index contributed by atoms with van der Waals surface area (Å²) < 4.78 is 1.72. The fraction of sp³-hybridized carbons (Fsp3) is 0.545. The molecule has 5 rings (SSSR count). The summed E-state index contributed by atoms with van der Waals surface area (Å²) in [4.78, 5) is 37.8. The van der Waals surface area contributed by atoms with Gasteiger partial charge < -0.3 is 14.7 Å². The van der Waals surface area contributed by atoms with Crippen LogP contribution in [0, 0.1) is 0 Å². The van der Waals surface area contributed by atoms with Gasteiger partial charge in [-0.1, -0.05) is 42.8 Å². The van der Waals surface area contributed by atoms with E-state index in [1.165, 1.54) is 29.5 Å². The van der Waals surface area contributed by atoms with Gasteiger partial charge >= 0.3 is 6.03 Å². The predicted octanol–water partition coefficient (Wildman–Crippen LogP) is 1.52. The average molecular weight is 484 g/mol. The Kier molecular flexibility index (Phi) is 6.40. The molecule has 3 aliphatic heterocycles. The van der Waals surface area contributed by atoms with Crippen molar-refractivity contribution in [2.24, 2.45) is 4.99 Å². The summed E-state index contributed by atoms with van der Waals surface area (Å²) in [5.74, 6) is 1.28. The standard InChI is InChI=1S/C22H29N9O2S/c1-27-18-17(19(32)28(2)22(27)33)30(20(23-18)29-12-8-3-4-9-13-29)14-15-34-21-24-25-26-31(21)16-10-6-5-7-11-16/h5-7,10-11,17-18H,3-4,8-9,12-15H2,1-2H3. The molecule has 12 heteroatoms. The Bertz CT molecular complexity index is 1070. The van der Waals surface area contributed by atoms with E-state index in [-0.39, 0.29) is 11.9 Å². The maximum atomic E-state index is 13.2. The molecule has 2 aromatic rings. The molecular weight excluding hydrogens is 454 g/mol. The lowest BCUT2D eigenvalue weighted by Gasteiger charge is -2.40. The van der Waals surface area contributed by atoms with Crippen LogP contribution in [0.2, 0.25) is 0 Å². The number of imide groups is 1. The smallest absolute Gasteiger partial charge is 0.328 e. The van der Waals surface area contributed by atoms with Gasteiger partial charge in [0.15, 0.2) is 18.2 Å². The number of nitrogens with zero attached hydrogens (tertiary/aromatic N) is 9. The molecule has 0 saturated carbocycles. The quantitative estimate of drug-likeness (QED) is 0.590. The molecule has 1 aromatic carbocycles. The van der Waals surface area contributed by atoms with E-state index in [2.05, 4.69) is 25.3 Å². The van der Waals surface area contributed by atoms with Crippen molar-refractivity contribution in [3.63, 3.8) is 0 Å². The van der Waals surface area contributed by atoms with E-state index in [1.807, 2.05) is 30.3 Å². The first-order chi connectivity index (χ1) is 16.6. The van der Waals surface area contributed by atoms with E-state index in [0.717, 1.165) is 37.6 Å². The summed E-state index contributed by atoms with van der Waals surface area (Å²) >= 11 is 1.54. The summed E-state index contributed by atoms with van der Waals surface area (Å²) in [5.41, 5.74) is 0.896. The number of tetrazole rings is 1. The molecular formula is C22H29N9O2S. The van der Waals surface area contributed by atoms with Crippen LogP contribution in [0.3, 0.4) is 0 Å². The second kappa shape index (κ2) is 9.61. The van der Waals surface area contributed by atoms with Crippen molar-refractivity contribution in [1.82, 2.24) is 39.8 Å². The second-order valence-corrected chi connectivity index (χ2v) is 9.79. The third kappa shape index (κ3) is 4.10. The van der Waals surface area contributed by atoms with Crippen molar-refractivity contribution in [2.75, 3.05) is 39.5 Å². The van der Waals surface area contributed by atoms with Crippen molar-refractivity contribution >= 4 is 29.7 Å². The van der Waals surface area contributed by atoms with E-state index in [1.54, 1.807) is 23.7 Å². The van der Waals surface area contributed by atoms with Gasteiger partial charge in [-0.15, -0.1) is 5.10 Å². The van der Waals surface area contributed by atoms with E-state index in [9.17, 15) is 9.59 Å². The first kappa shape index (κ1) is 22.6. The molecule has 2 fully saturated rings. The fourth-order valence-corrected chi connectivity index (χ4v) is 5.59. The predicted molar refractivity (Wildman–Crippen MR) is 128 cm³/mol. The molecule has 4 heterocycles. The lowest BCUT2D eigenvalue weighted by atomic mass is 10.1. The van der Waals surface area contributed by atoms with Crippen LogP contribution in [0.15, 0.2) is 40.5 Å². The maximum absolute atomic E-state index is 13.2. The number of aromatic nitrogens is 4. The van der Waals surface area contributed by atoms with Crippen LogP contribution in [0.4, 0.5) is 4.79 Å². The van der Waals surface area contributed by atoms with Crippen LogP contribution in [0.5, 0.6) is 0 Å². The van der Waals surface area contributed by atoms with Crippen LogP contribution in [0.1, 0.15) is 25.7 Å². The highest BCUT2D eigenvalue weighted by molar-refractivity contribution is 7.99. The first-order valence-electron chi connectivity index (χ1n) is 11.7. The molecule has 0 radical (unpaired) electrons. The fourth-order valence-electron chi connectivity index (χ4n) is 4.76. The highest BCUT2D eigenvalue weighted by atomic mass is 32.2. The minimum Gasteiger partial charge on any atom is -0.343 e. The van der Waals surface area contributed by atoms with Crippen molar-refractivity contribution in [3.8, 4) is 5.69 Å². The number of carbonyl (C=O) groups is 2. The Balaban J connectivity index is 1.36.